The lowest BCUT2D eigenvalue weighted by Crippen LogP contribution is -2.43. The zero-order valence-electron chi connectivity index (χ0n) is 21.1. The first kappa shape index (κ1) is 28.8. The monoisotopic (exact) mass is 570 g/mol. The summed E-state index contributed by atoms with van der Waals surface area (Å²) in [6, 6.07) is 7.84. The molecule has 4 heterocycles. The molecule has 0 aliphatic carbocycles. The summed E-state index contributed by atoms with van der Waals surface area (Å²) in [5.74, 6) is 6.31. The number of hydrogen-bond donors (Lipinski definition) is 3. The van der Waals surface area contributed by atoms with Gasteiger partial charge in [0.2, 0.25) is 0 Å². The third-order valence-electron chi connectivity index (χ3n) is 6.23. The molecule has 0 radical (unpaired) electrons. The van der Waals surface area contributed by atoms with Crippen LogP contribution in [0.4, 0.5) is 30.5 Å². The lowest BCUT2D eigenvalue weighted by Gasteiger charge is -2.33. The molecule has 4 aromatic rings. The topological polar surface area (TPSA) is 118 Å². The van der Waals surface area contributed by atoms with Crippen LogP contribution in [0.1, 0.15) is 36.1 Å². The van der Waals surface area contributed by atoms with Crippen LogP contribution in [0.2, 0.25) is 0 Å². The molecule has 1 saturated heterocycles. The van der Waals surface area contributed by atoms with E-state index in [1.807, 2.05) is 6.07 Å². The summed E-state index contributed by atoms with van der Waals surface area (Å²) in [7, 11) is 0. The first-order valence-corrected chi connectivity index (χ1v) is 12.2. The number of nitrogens with zero attached hydrogens (tertiary/aromatic N) is 6. The van der Waals surface area contributed by atoms with Gasteiger partial charge in [-0.2, -0.15) is 13.9 Å². The number of aliphatic hydroxyl groups excluding tert-OH is 1. The fourth-order valence-corrected chi connectivity index (χ4v) is 4.38. The minimum absolute atomic E-state index is 0. The highest BCUT2D eigenvalue weighted by atomic mass is 35.5. The smallest absolute Gasteiger partial charge is 0.333 e. The number of pyridine rings is 1. The SMILES string of the molecule is Cl.N[C@H]1CCCN(c2cc(Nc3ccnc(-c4c(F)cccc4CO)n3)ncc2C#Cc2cnn(C(F)F)c2)C1. The Kier molecular flexibility index (Phi) is 9.21. The standard InChI is InChI=1S/C27H25F3N8O.ClH/c28-21-5-1-3-19(16-39)25(21)26-32-9-8-23(36-26)35-24-11-22(37-10-2-4-20(31)15-37)18(13-33-24)7-6-17-12-34-38(14-17)27(29)30;/h1,3,5,8-9,11-14,20,27,39H,2,4,10,15-16,31H2,(H,32,33,35,36);1H/t20-;/m0./s1. The van der Waals surface area contributed by atoms with E-state index in [4.69, 9.17) is 5.73 Å². The van der Waals surface area contributed by atoms with Crippen molar-refractivity contribution in [3.05, 3.63) is 77.6 Å². The Balaban J connectivity index is 0.00000370. The molecule has 1 atom stereocenters. The van der Waals surface area contributed by atoms with Gasteiger partial charge in [0.25, 0.3) is 0 Å². The minimum atomic E-state index is -2.74. The molecule has 1 fully saturated rings. The molecule has 3 aromatic heterocycles. The molecule has 1 aliphatic heterocycles. The number of piperidine rings is 1. The first-order chi connectivity index (χ1) is 18.9. The number of nitrogens with one attached hydrogen (secondary N) is 1. The van der Waals surface area contributed by atoms with Crippen LogP contribution in [-0.2, 0) is 6.61 Å². The van der Waals surface area contributed by atoms with E-state index >= 15 is 0 Å². The molecule has 0 bridgehead atoms. The van der Waals surface area contributed by atoms with Crippen LogP contribution < -0.4 is 16.0 Å². The summed E-state index contributed by atoms with van der Waals surface area (Å²) in [6.45, 7) is -1.71. The summed E-state index contributed by atoms with van der Waals surface area (Å²) in [5.41, 5.74) is 8.45. The number of benzene rings is 1. The van der Waals surface area contributed by atoms with Crippen LogP contribution in [0.15, 0.2) is 55.1 Å². The van der Waals surface area contributed by atoms with E-state index in [2.05, 4.69) is 42.1 Å². The predicted octanol–water partition coefficient (Wildman–Crippen LogP) is 4.25. The van der Waals surface area contributed by atoms with Gasteiger partial charge >= 0.3 is 6.55 Å². The van der Waals surface area contributed by atoms with Crippen LogP contribution in [0.3, 0.4) is 0 Å². The Bertz CT molecular complexity index is 1540. The van der Waals surface area contributed by atoms with Gasteiger partial charge in [-0.3, -0.25) is 0 Å². The van der Waals surface area contributed by atoms with Crippen LogP contribution in [0, 0.1) is 17.7 Å². The summed E-state index contributed by atoms with van der Waals surface area (Å²) in [5, 5.41) is 16.4. The number of hydrogen-bond acceptors (Lipinski definition) is 8. The number of anilines is 3. The highest BCUT2D eigenvalue weighted by Crippen LogP contribution is 2.28. The summed E-state index contributed by atoms with van der Waals surface area (Å²) < 4.78 is 40.8. The van der Waals surface area contributed by atoms with Crippen molar-refractivity contribution in [1.82, 2.24) is 24.7 Å². The number of alkyl halides is 2. The van der Waals surface area contributed by atoms with Crippen molar-refractivity contribution in [2.75, 3.05) is 23.3 Å². The van der Waals surface area contributed by atoms with Crippen LogP contribution in [0.5, 0.6) is 0 Å². The maximum absolute atomic E-state index is 14.6. The molecular weight excluding hydrogens is 545 g/mol. The van der Waals surface area contributed by atoms with Gasteiger partial charge in [-0.25, -0.2) is 24.0 Å². The third-order valence-corrected chi connectivity index (χ3v) is 6.23. The van der Waals surface area contributed by atoms with Gasteiger partial charge in [-0.1, -0.05) is 24.0 Å². The highest BCUT2D eigenvalue weighted by Gasteiger charge is 2.20. The average Bonchev–Trinajstić information content (AvgIpc) is 3.42. The quantitative estimate of drug-likeness (QED) is 0.294. The van der Waals surface area contributed by atoms with E-state index < -0.39 is 12.4 Å². The number of aromatic nitrogens is 5. The summed E-state index contributed by atoms with van der Waals surface area (Å²) in [6.07, 6.45) is 7.36. The molecule has 1 aliphatic rings. The van der Waals surface area contributed by atoms with E-state index in [1.165, 1.54) is 30.7 Å². The van der Waals surface area contributed by atoms with Crippen LogP contribution >= 0.6 is 12.4 Å². The molecule has 40 heavy (non-hydrogen) atoms. The zero-order chi connectivity index (χ0) is 27.4. The van der Waals surface area contributed by atoms with Crippen molar-refractivity contribution < 1.29 is 18.3 Å². The van der Waals surface area contributed by atoms with Crippen molar-refractivity contribution in [3.63, 3.8) is 0 Å². The molecule has 4 N–H and O–H groups in total. The van der Waals surface area contributed by atoms with E-state index in [9.17, 15) is 18.3 Å². The van der Waals surface area contributed by atoms with E-state index in [0.717, 1.165) is 25.1 Å². The van der Waals surface area contributed by atoms with Gasteiger partial charge in [0, 0.05) is 43.8 Å². The van der Waals surface area contributed by atoms with Crippen LogP contribution in [0.25, 0.3) is 11.4 Å². The fraction of sp³-hybridized carbons (Fsp3) is 0.259. The van der Waals surface area contributed by atoms with Crippen molar-refractivity contribution in [2.45, 2.75) is 32.0 Å². The largest absolute Gasteiger partial charge is 0.392 e. The summed E-state index contributed by atoms with van der Waals surface area (Å²) in [4.78, 5) is 15.2. The third kappa shape index (κ3) is 6.51. The van der Waals surface area contributed by atoms with Gasteiger partial charge in [0.15, 0.2) is 5.82 Å². The molecule has 0 unspecified atom stereocenters. The van der Waals surface area contributed by atoms with Gasteiger partial charge in [0.1, 0.15) is 17.5 Å². The number of rotatable bonds is 6. The normalized spacial score (nSPS) is 14.8. The van der Waals surface area contributed by atoms with E-state index in [-0.39, 0.29) is 36.4 Å². The Morgan fingerprint density at radius 3 is 2.75 bits per heavy atom. The molecule has 9 nitrogen and oxygen atoms in total. The lowest BCUT2D eigenvalue weighted by molar-refractivity contribution is 0.0566. The average molecular weight is 571 g/mol. The second-order valence-corrected chi connectivity index (χ2v) is 8.99. The van der Waals surface area contributed by atoms with Gasteiger partial charge in [-0.15, -0.1) is 12.4 Å². The molecule has 5 rings (SSSR count). The minimum Gasteiger partial charge on any atom is -0.392 e. The van der Waals surface area contributed by atoms with Crippen molar-refractivity contribution in [2.24, 2.45) is 5.73 Å². The Morgan fingerprint density at radius 2 is 2.00 bits per heavy atom. The van der Waals surface area contributed by atoms with Gasteiger partial charge in [0.05, 0.1) is 35.2 Å². The van der Waals surface area contributed by atoms with E-state index in [1.54, 1.807) is 18.3 Å². The van der Waals surface area contributed by atoms with Crippen LogP contribution in [-0.4, -0.2) is 49.0 Å². The second kappa shape index (κ2) is 12.8. The predicted molar refractivity (Wildman–Crippen MR) is 147 cm³/mol. The lowest BCUT2D eigenvalue weighted by atomic mass is 10.0. The van der Waals surface area contributed by atoms with Gasteiger partial charge in [-0.05, 0) is 30.5 Å². The molecule has 0 amide bonds. The number of halogens is 4. The van der Waals surface area contributed by atoms with Crippen molar-refractivity contribution in [1.29, 1.82) is 0 Å². The molecular formula is C27H26ClF3N8O. The molecule has 13 heteroatoms. The van der Waals surface area contributed by atoms with E-state index in [0.29, 0.717) is 39.6 Å². The first-order valence-electron chi connectivity index (χ1n) is 12.2. The number of aliphatic hydroxyl groups is 1. The van der Waals surface area contributed by atoms with Gasteiger partial charge < -0.3 is 21.1 Å². The maximum atomic E-state index is 14.6. The maximum Gasteiger partial charge on any atom is 0.333 e. The molecule has 0 saturated carbocycles. The number of nitrogens with two attached hydrogens (primary N) is 1. The molecule has 0 spiro atoms. The molecule has 1 aromatic carbocycles. The van der Waals surface area contributed by atoms with Crippen molar-refractivity contribution in [3.8, 4) is 23.2 Å². The Morgan fingerprint density at radius 1 is 1.15 bits per heavy atom. The van der Waals surface area contributed by atoms with Crippen molar-refractivity contribution >= 4 is 29.7 Å². The summed E-state index contributed by atoms with van der Waals surface area (Å²) >= 11 is 0. The Labute approximate surface area is 234 Å². The molecule has 208 valence electrons. The fourth-order valence-electron chi connectivity index (χ4n) is 4.38. The second-order valence-electron chi connectivity index (χ2n) is 8.99. The highest BCUT2D eigenvalue weighted by molar-refractivity contribution is 5.85. The Hall–Kier alpha value is -4.18. The zero-order valence-corrected chi connectivity index (χ0v) is 22.0.